The first-order valence-electron chi connectivity index (χ1n) is 6.42. The summed E-state index contributed by atoms with van der Waals surface area (Å²) in [7, 11) is 4.01. The maximum absolute atomic E-state index is 12.1. The molecule has 0 aliphatic heterocycles. The minimum absolute atomic E-state index is 0.164. The second-order valence-electron chi connectivity index (χ2n) is 5.03. The molecule has 0 fully saturated rings. The van der Waals surface area contributed by atoms with Gasteiger partial charge in [0.05, 0.1) is 0 Å². The van der Waals surface area contributed by atoms with Crippen molar-refractivity contribution in [3.63, 3.8) is 0 Å². The number of carbonyl (C=O) groups is 1. The van der Waals surface area contributed by atoms with Crippen LogP contribution in [0.25, 0.3) is 0 Å². The Labute approximate surface area is 114 Å². The molecule has 0 saturated carbocycles. The van der Waals surface area contributed by atoms with E-state index in [2.05, 4.69) is 0 Å². The van der Waals surface area contributed by atoms with Gasteiger partial charge in [-0.3, -0.25) is 4.79 Å². The number of ketones is 1. The molecule has 0 heterocycles. The largest absolute Gasteiger partial charge is 0.378 e. The normalized spacial score (nSPS) is 10.3. The number of anilines is 1. The SMILES string of the molecule is Cc1ccc(C(=O)Cc2ccc(N(C)C)cc2)cc1. The Morgan fingerprint density at radius 1 is 0.947 bits per heavy atom. The molecular weight excluding hydrogens is 234 g/mol. The van der Waals surface area contributed by atoms with Crippen molar-refractivity contribution in [1.82, 2.24) is 0 Å². The van der Waals surface area contributed by atoms with E-state index in [0.29, 0.717) is 6.42 Å². The van der Waals surface area contributed by atoms with E-state index >= 15 is 0 Å². The number of Topliss-reactive ketones (excluding diaryl/α,β-unsaturated/α-hetero) is 1. The molecule has 19 heavy (non-hydrogen) atoms. The molecule has 0 amide bonds. The minimum Gasteiger partial charge on any atom is -0.378 e. The van der Waals surface area contributed by atoms with E-state index in [1.54, 1.807) is 0 Å². The molecule has 0 aliphatic carbocycles. The molecular formula is C17H19NO. The van der Waals surface area contributed by atoms with Crippen molar-refractivity contribution in [2.75, 3.05) is 19.0 Å². The van der Waals surface area contributed by atoms with Crippen molar-refractivity contribution < 1.29 is 4.79 Å². The van der Waals surface area contributed by atoms with Crippen LogP contribution < -0.4 is 4.90 Å². The average molecular weight is 253 g/mol. The topological polar surface area (TPSA) is 20.3 Å². The highest BCUT2D eigenvalue weighted by Crippen LogP contribution is 2.14. The molecule has 98 valence electrons. The fourth-order valence-electron chi connectivity index (χ4n) is 1.94. The van der Waals surface area contributed by atoms with Crippen LogP contribution in [0.5, 0.6) is 0 Å². The highest BCUT2D eigenvalue weighted by Gasteiger charge is 2.07. The fourth-order valence-corrected chi connectivity index (χ4v) is 1.94. The molecule has 0 N–H and O–H groups in total. The van der Waals surface area contributed by atoms with Crippen molar-refractivity contribution in [3.05, 3.63) is 65.2 Å². The second-order valence-corrected chi connectivity index (χ2v) is 5.03. The van der Waals surface area contributed by atoms with Gasteiger partial charge in [0.2, 0.25) is 0 Å². The average Bonchev–Trinajstić information content (AvgIpc) is 2.40. The first-order valence-corrected chi connectivity index (χ1v) is 6.42. The Morgan fingerprint density at radius 3 is 2.05 bits per heavy atom. The van der Waals surface area contributed by atoms with Gasteiger partial charge >= 0.3 is 0 Å². The van der Waals surface area contributed by atoms with Gasteiger partial charge in [-0.05, 0) is 24.6 Å². The molecule has 0 saturated heterocycles. The third kappa shape index (κ3) is 3.44. The van der Waals surface area contributed by atoms with Gasteiger partial charge in [0.25, 0.3) is 0 Å². The quantitative estimate of drug-likeness (QED) is 0.777. The molecule has 0 atom stereocenters. The summed E-state index contributed by atoms with van der Waals surface area (Å²) in [6.07, 6.45) is 0.455. The zero-order valence-corrected chi connectivity index (χ0v) is 11.7. The van der Waals surface area contributed by atoms with Crippen molar-refractivity contribution >= 4 is 11.5 Å². The zero-order chi connectivity index (χ0) is 13.8. The number of benzene rings is 2. The standard InChI is InChI=1S/C17H19NO/c1-13-4-8-15(9-5-13)17(19)12-14-6-10-16(11-7-14)18(2)3/h4-11H,12H2,1-3H3. The number of aryl methyl sites for hydroxylation is 1. The van der Waals surface area contributed by atoms with Gasteiger partial charge in [-0.25, -0.2) is 0 Å². The Bertz CT molecular complexity index is 553. The summed E-state index contributed by atoms with van der Waals surface area (Å²) in [4.78, 5) is 14.2. The molecule has 2 rings (SSSR count). The predicted molar refractivity (Wildman–Crippen MR) is 80.0 cm³/mol. The molecule has 0 radical (unpaired) electrons. The Morgan fingerprint density at radius 2 is 1.53 bits per heavy atom. The van der Waals surface area contributed by atoms with Crippen LogP contribution in [0.4, 0.5) is 5.69 Å². The van der Waals surface area contributed by atoms with Crippen LogP contribution in [0.3, 0.4) is 0 Å². The number of rotatable bonds is 4. The van der Waals surface area contributed by atoms with Crippen molar-refractivity contribution in [3.8, 4) is 0 Å². The van der Waals surface area contributed by atoms with Crippen molar-refractivity contribution in [2.24, 2.45) is 0 Å². The Balaban J connectivity index is 2.08. The number of hydrogen-bond donors (Lipinski definition) is 0. The van der Waals surface area contributed by atoms with E-state index in [1.807, 2.05) is 74.4 Å². The van der Waals surface area contributed by atoms with Gasteiger partial charge in [0.15, 0.2) is 5.78 Å². The summed E-state index contributed by atoms with van der Waals surface area (Å²) in [5.41, 5.74) is 4.15. The lowest BCUT2D eigenvalue weighted by Gasteiger charge is -2.12. The maximum Gasteiger partial charge on any atom is 0.167 e. The summed E-state index contributed by atoms with van der Waals surface area (Å²) >= 11 is 0. The van der Waals surface area contributed by atoms with Crippen LogP contribution >= 0.6 is 0 Å². The number of nitrogens with zero attached hydrogens (tertiary/aromatic N) is 1. The van der Waals surface area contributed by atoms with E-state index in [9.17, 15) is 4.79 Å². The lowest BCUT2D eigenvalue weighted by Crippen LogP contribution is -2.09. The highest BCUT2D eigenvalue weighted by atomic mass is 16.1. The molecule has 0 spiro atoms. The van der Waals surface area contributed by atoms with Crippen molar-refractivity contribution in [2.45, 2.75) is 13.3 Å². The Kier molecular flexibility index (Phi) is 4.00. The molecule has 2 heteroatoms. The van der Waals surface area contributed by atoms with Crippen LogP contribution in [0.2, 0.25) is 0 Å². The van der Waals surface area contributed by atoms with E-state index < -0.39 is 0 Å². The maximum atomic E-state index is 12.1. The van der Waals surface area contributed by atoms with Crippen LogP contribution in [0.15, 0.2) is 48.5 Å². The van der Waals surface area contributed by atoms with E-state index in [4.69, 9.17) is 0 Å². The van der Waals surface area contributed by atoms with E-state index in [1.165, 1.54) is 5.56 Å². The van der Waals surface area contributed by atoms with Gasteiger partial charge in [0.1, 0.15) is 0 Å². The van der Waals surface area contributed by atoms with Crippen LogP contribution in [-0.2, 0) is 6.42 Å². The molecule has 0 aromatic heterocycles. The smallest absolute Gasteiger partial charge is 0.167 e. The number of hydrogen-bond acceptors (Lipinski definition) is 2. The second kappa shape index (κ2) is 5.70. The lowest BCUT2D eigenvalue weighted by atomic mass is 10.0. The van der Waals surface area contributed by atoms with Crippen LogP contribution in [0.1, 0.15) is 21.5 Å². The van der Waals surface area contributed by atoms with Gasteiger partial charge < -0.3 is 4.90 Å². The molecule has 2 aromatic rings. The lowest BCUT2D eigenvalue weighted by molar-refractivity contribution is 0.0993. The molecule has 0 unspecified atom stereocenters. The first kappa shape index (κ1) is 13.3. The first-order chi connectivity index (χ1) is 9.06. The summed E-state index contributed by atoms with van der Waals surface area (Å²) in [6.45, 7) is 2.02. The summed E-state index contributed by atoms with van der Waals surface area (Å²) < 4.78 is 0. The van der Waals surface area contributed by atoms with E-state index in [0.717, 1.165) is 16.8 Å². The van der Waals surface area contributed by atoms with Gasteiger partial charge in [0, 0.05) is 31.8 Å². The molecule has 2 aromatic carbocycles. The highest BCUT2D eigenvalue weighted by molar-refractivity contribution is 5.97. The van der Waals surface area contributed by atoms with Crippen molar-refractivity contribution in [1.29, 1.82) is 0 Å². The van der Waals surface area contributed by atoms with Gasteiger partial charge in [-0.15, -0.1) is 0 Å². The van der Waals surface area contributed by atoms with Crippen LogP contribution in [0, 0.1) is 6.92 Å². The van der Waals surface area contributed by atoms with E-state index in [-0.39, 0.29) is 5.78 Å². The minimum atomic E-state index is 0.164. The summed E-state index contributed by atoms with van der Waals surface area (Å²) in [5.74, 6) is 0.164. The summed E-state index contributed by atoms with van der Waals surface area (Å²) in [6, 6.07) is 15.8. The summed E-state index contributed by atoms with van der Waals surface area (Å²) in [5, 5.41) is 0. The third-order valence-corrected chi connectivity index (χ3v) is 3.19. The third-order valence-electron chi connectivity index (χ3n) is 3.19. The van der Waals surface area contributed by atoms with Gasteiger partial charge in [-0.2, -0.15) is 0 Å². The molecule has 0 bridgehead atoms. The number of carbonyl (C=O) groups excluding carboxylic acids is 1. The van der Waals surface area contributed by atoms with Crippen LogP contribution in [-0.4, -0.2) is 19.9 Å². The zero-order valence-electron chi connectivity index (χ0n) is 11.7. The van der Waals surface area contributed by atoms with Gasteiger partial charge in [-0.1, -0.05) is 42.0 Å². The Hall–Kier alpha value is -2.09. The molecule has 2 nitrogen and oxygen atoms in total. The monoisotopic (exact) mass is 253 g/mol. The predicted octanol–water partition coefficient (Wildman–Crippen LogP) is 3.49. The molecule has 0 aliphatic rings. The fraction of sp³-hybridized carbons (Fsp3) is 0.235.